The molecule has 6 heteroatoms. The van der Waals surface area contributed by atoms with Gasteiger partial charge in [-0.3, -0.25) is 9.78 Å². The molecule has 1 aliphatic rings. The lowest BCUT2D eigenvalue weighted by Gasteiger charge is -2.28. The minimum Gasteiger partial charge on any atom is -0.481 e. The maximum Gasteiger partial charge on any atom is 0.315 e. The van der Waals surface area contributed by atoms with Gasteiger partial charge in [0.1, 0.15) is 0 Å². The zero-order valence-electron chi connectivity index (χ0n) is 12.2. The lowest BCUT2D eigenvalue weighted by Crippen LogP contribution is -2.51. The van der Waals surface area contributed by atoms with Crippen LogP contribution >= 0.6 is 0 Å². The maximum atomic E-state index is 12.0. The Hall–Kier alpha value is -2.11. The molecule has 0 radical (unpaired) electrons. The predicted octanol–water partition coefficient (Wildman–Crippen LogP) is 1.98. The first-order valence-corrected chi connectivity index (χ1v) is 7.19. The molecule has 3 N–H and O–H groups in total. The fourth-order valence-electron chi connectivity index (χ4n) is 2.84. The van der Waals surface area contributed by atoms with Crippen LogP contribution in [0, 0.1) is 6.92 Å². The smallest absolute Gasteiger partial charge is 0.315 e. The molecular weight excluding hydrogens is 270 g/mol. The standard InChI is InChI=1S/C15H21N3O3/c1-11-5-4-8-16-12(11)10-17-14(21)18-15(9-13(19)20)6-2-3-7-15/h4-5,8H,2-3,6-7,9-10H2,1H3,(H,19,20)(H2,17,18,21). The van der Waals surface area contributed by atoms with Crippen LogP contribution in [0.1, 0.15) is 43.4 Å². The second kappa shape index (κ2) is 6.56. The number of nitrogens with zero attached hydrogens (tertiary/aromatic N) is 1. The Balaban J connectivity index is 1.91. The van der Waals surface area contributed by atoms with Gasteiger partial charge in [0.2, 0.25) is 0 Å². The van der Waals surface area contributed by atoms with E-state index in [0.717, 1.165) is 36.9 Å². The van der Waals surface area contributed by atoms with Crippen molar-refractivity contribution in [2.75, 3.05) is 0 Å². The third-order valence-electron chi connectivity index (χ3n) is 3.96. The monoisotopic (exact) mass is 291 g/mol. The molecule has 1 aliphatic carbocycles. The maximum absolute atomic E-state index is 12.0. The summed E-state index contributed by atoms with van der Waals surface area (Å²) in [6.07, 6.45) is 5.00. The molecule has 2 amide bonds. The van der Waals surface area contributed by atoms with E-state index in [1.54, 1.807) is 6.20 Å². The van der Waals surface area contributed by atoms with E-state index in [9.17, 15) is 9.59 Å². The van der Waals surface area contributed by atoms with Gasteiger partial charge in [0.25, 0.3) is 0 Å². The molecule has 0 spiro atoms. The molecule has 1 aromatic rings. The van der Waals surface area contributed by atoms with E-state index in [1.165, 1.54) is 0 Å². The van der Waals surface area contributed by atoms with E-state index in [-0.39, 0.29) is 12.5 Å². The van der Waals surface area contributed by atoms with Gasteiger partial charge in [0.15, 0.2) is 0 Å². The van der Waals surface area contributed by atoms with Gasteiger partial charge < -0.3 is 15.7 Å². The average Bonchev–Trinajstić information content (AvgIpc) is 2.85. The van der Waals surface area contributed by atoms with Crippen LogP contribution in [0.2, 0.25) is 0 Å². The molecule has 1 aromatic heterocycles. The van der Waals surface area contributed by atoms with Gasteiger partial charge in [0.05, 0.1) is 24.2 Å². The van der Waals surface area contributed by atoms with Crippen molar-refractivity contribution in [2.45, 2.75) is 51.1 Å². The van der Waals surface area contributed by atoms with E-state index < -0.39 is 11.5 Å². The highest BCUT2D eigenvalue weighted by Gasteiger charge is 2.37. The lowest BCUT2D eigenvalue weighted by atomic mass is 9.93. The Morgan fingerprint density at radius 3 is 2.71 bits per heavy atom. The van der Waals surface area contributed by atoms with Crippen molar-refractivity contribution in [1.29, 1.82) is 0 Å². The SMILES string of the molecule is Cc1cccnc1CNC(=O)NC1(CC(=O)O)CCCC1. The molecule has 1 saturated carbocycles. The van der Waals surface area contributed by atoms with Crippen LogP contribution in [0.4, 0.5) is 4.79 Å². The van der Waals surface area contributed by atoms with Crippen molar-refractivity contribution in [1.82, 2.24) is 15.6 Å². The molecule has 0 unspecified atom stereocenters. The quantitative estimate of drug-likeness (QED) is 0.773. The number of pyridine rings is 1. The van der Waals surface area contributed by atoms with Gasteiger partial charge in [-0.25, -0.2) is 4.79 Å². The molecule has 0 atom stereocenters. The number of urea groups is 1. The number of carbonyl (C=O) groups is 2. The summed E-state index contributed by atoms with van der Waals surface area (Å²) in [4.78, 5) is 27.2. The number of hydrogen-bond donors (Lipinski definition) is 3. The number of nitrogens with one attached hydrogen (secondary N) is 2. The summed E-state index contributed by atoms with van der Waals surface area (Å²) in [5, 5.41) is 14.6. The second-order valence-electron chi connectivity index (χ2n) is 5.63. The highest BCUT2D eigenvalue weighted by atomic mass is 16.4. The van der Waals surface area contributed by atoms with Gasteiger partial charge in [-0.1, -0.05) is 18.9 Å². The van der Waals surface area contributed by atoms with E-state index >= 15 is 0 Å². The van der Waals surface area contributed by atoms with Crippen LogP contribution in [0.5, 0.6) is 0 Å². The number of carboxylic acid groups (broad SMARTS) is 1. The molecular formula is C15H21N3O3. The molecule has 0 saturated heterocycles. The summed E-state index contributed by atoms with van der Waals surface area (Å²) in [7, 11) is 0. The number of aromatic nitrogens is 1. The van der Waals surface area contributed by atoms with Crippen molar-refractivity contribution < 1.29 is 14.7 Å². The van der Waals surface area contributed by atoms with E-state index in [0.29, 0.717) is 6.54 Å². The van der Waals surface area contributed by atoms with E-state index in [2.05, 4.69) is 15.6 Å². The highest BCUT2D eigenvalue weighted by Crippen LogP contribution is 2.32. The van der Waals surface area contributed by atoms with Gasteiger partial charge in [-0.05, 0) is 31.4 Å². The molecule has 6 nitrogen and oxygen atoms in total. The van der Waals surface area contributed by atoms with Crippen LogP contribution in [-0.2, 0) is 11.3 Å². The van der Waals surface area contributed by atoms with Crippen molar-refractivity contribution in [3.8, 4) is 0 Å². The molecule has 0 bridgehead atoms. The molecule has 21 heavy (non-hydrogen) atoms. The molecule has 114 valence electrons. The molecule has 2 rings (SSSR count). The first-order valence-electron chi connectivity index (χ1n) is 7.19. The van der Waals surface area contributed by atoms with E-state index in [4.69, 9.17) is 5.11 Å². The topological polar surface area (TPSA) is 91.3 Å². The third kappa shape index (κ3) is 4.18. The normalized spacial score (nSPS) is 16.4. The number of hydrogen-bond acceptors (Lipinski definition) is 3. The molecule has 0 aliphatic heterocycles. The Morgan fingerprint density at radius 2 is 2.10 bits per heavy atom. The van der Waals surface area contributed by atoms with Crippen molar-refractivity contribution in [2.24, 2.45) is 0 Å². The number of amides is 2. The summed E-state index contributed by atoms with van der Waals surface area (Å²) in [6.45, 7) is 2.27. The number of carboxylic acids is 1. The first kappa shape index (κ1) is 15.3. The summed E-state index contributed by atoms with van der Waals surface area (Å²) < 4.78 is 0. The van der Waals surface area contributed by atoms with Crippen molar-refractivity contribution in [3.05, 3.63) is 29.6 Å². The van der Waals surface area contributed by atoms with Crippen LogP contribution < -0.4 is 10.6 Å². The number of aryl methyl sites for hydroxylation is 1. The van der Waals surface area contributed by atoms with Gasteiger partial charge in [-0.2, -0.15) is 0 Å². The minimum absolute atomic E-state index is 0.0248. The predicted molar refractivity (Wildman–Crippen MR) is 77.8 cm³/mol. The lowest BCUT2D eigenvalue weighted by molar-refractivity contribution is -0.138. The van der Waals surface area contributed by atoms with E-state index in [1.807, 2.05) is 19.1 Å². The zero-order chi connectivity index (χ0) is 15.3. The van der Waals surface area contributed by atoms with Crippen molar-refractivity contribution in [3.63, 3.8) is 0 Å². The highest BCUT2D eigenvalue weighted by molar-refractivity contribution is 5.76. The van der Waals surface area contributed by atoms with Crippen LogP contribution in [-0.4, -0.2) is 27.6 Å². The first-order chi connectivity index (χ1) is 10.0. The van der Waals surface area contributed by atoms with Crippen LogP contribution in [0.3, 0.4) is 0 Å². The summed E-state index contributed by atoms with van der Waals surface area (Å²) in [5.41, 5.74) is 1.22. The molecule has 1 heterocycles. The van der Waals surface area contributed by atoms with Gasteiger partial charge in [-0.15, -0.1) is 0 Å². The van der Waals surface area contributed by atoms with Crippen LogP contribution in [0.15, 0.2) is 18.3 Å². The van der Waals surface area contributed by atoms with Gasteiger partial charge in [0, 0.05) is 6.20 Å². The summed E-state index contributed by atoms with van der Waals surface area (Å²) in [5.74, 6) is -0.877. The molecule has 1 fully saturated rings. The average molecular weight is 291 g/mol. The minimum atomic E-state index is -0.877. The fourth-order valence-corrected chi connectivity index (χ4v) is 2.84. The van der Waals surface area contributed by atoms with Gasteiger partial charge >= 0.3 is 12.0 Å². The Bertz CT molecular complexity index is 525. The molecule has 0 aromatic carbocycles. The number of carbonyl (C=O) groups excluding carboxylic acids is 1. The Labute approximate surface area is 124 Å². The zero-order valence-corrected chi connectivity index (χ0v) is 12.2. The van der Waals surface area contributed by atoms with Crippen LogP contribution in [0.25, 0.3) is 0 Å². The Kier molecular flexibility index (Phi) is 4.77. The number of rotatable bonds is 5. The number of aliphatic carboxylic acids is 1. The summed E-state index contributed by atoms with van der Waals surface area (Å²) in [6, 6.07) is 3.45. The Morgan fingerprint density at radius 1 is 1.38 bits per heavy atom. The largest absolute Gasteiger partial charge is 0.481 e. The van der Waals surface area contributed by atoms with Crippen molar-refractivity contribution >= 4 is 12.0 Å². The fraction of sp³-hybridized carbons (Fsp3) is 0.533. The third-order valence-corrected chi connectivity index (χ3v) is 3.96. The second-order valence-corrected chi connectivity index (χ2v) is 5.63. The summed E-state index contributed by atoms with van der Waals surface area (Å²) >= 11 is 0.